The summed E-state index contributed by atoms with van der Waals surface area (Å²) >= 11 is 1.75. The van der Waals surface area contributed by atoms with Crippen LogP contribution in [0.1, 0.15) is 4.88 Å². The van der Waals surface area contributed by atoms with E-state index in [4.69, 9.17) is 0 Å². The monoisotopic (exact) mass is 243 g/mol. The minimum Gasteiger partial charge on any atom is -0.344 e. The van der Waals surface area contributed by atoms with Gasteiger partial charge in [-0.2, -0.15) is 0 Å². The number of aromatic nitrogens is 3. The van der Waals surface area contributed by atoms with E-state index in [0.717, 1.165) is 5.82 Å². The molecule has 0 radical (unpaired) electrons. The molecule has 0 saturated heterocycles. The van der Waals surface area contributed by atoms with Crippen LogP contribution in [0, 0.1) is 6.92 Å². The molecule has 3 aromatic heterocycles. The van der Waals surface area contributed by atoms with Crippen molar-refractivity contribution in [1.82, 2.24) is 15.0 Å². The summed E-state index contributed by atoms with van der Waals surface area (Å²) in [5.41, 5.74) is 0. The average Bonchev–Trinajstić information content (AvgIpc) is 3.02. The number of aryl methyl sites for hydroxylation is 1. The maximum absolute atomic E-state index is 4.15. The lowest BCUT2D eigenvalue weighted by atomic mass is 10.4. The summed E-state index contributed by atoms with van der Waals surface area (Å²) in [7, 11) is 0. The van der Waals surface area contributed by atoms with Gasteiger partial charge in [-0.05, 0) is 31.2 Å². The second kappa shape index (κ2) is 5.96. The molecule has 1 N–H and O–H groups in total. The van der Waals surface area contributed by atoms with E-state index in [2.05, 4.69) is 34.0 Å². The minimum absolute atomic E-state index is 0.961. The van der Waals surface area contributed by atoms with Crippen molar-refractivity contribution >= 4 is 11.3 Å². The van der Waals surface area contributed by atoms with Crippen LogP contribution in [-0.2, 0) is 0 Å². The second-order valence-electron chi connectivity index (χ2n) is 3.37. The van der Waals surface area contributed by atoms with Gasteiger partial charge in [0.2, 0.25) is 0 Å². The van der Waals surface area contributed by atoms with Gasteiger partial charge in [-0.15, -0.1) is 11.3 Å². The van der Waals surface area contributed by atoms with Gasteiger partial charge in [-0.25, -0.2) is 4.98 Å². The molecule has 0 aliphatic rings. The van der Waals surface area contributed by atoms with Crippen LogP contribution in [0.3, 0.4) is 0 Å². The molecule has 0 aliphatic carbocycles. The summed E-state index contributed by atoms with van der Waals surface area (Å²) in [5.74, 6) is 0.961. The molecule has 3 aromatic rings. The molecule has 0 amide bonds. The standard InChI is InChI=1S/C8H8N2S.C5H5N/c1-6-2-3-7(11-6)8-9-4-5-10-8;1-2-4-6-5-3-1/h2-5H,1H3,(H,9,10);1-5H. The first-order valence-electron chi connectivity index (χ1n) is 5.27. The number of pyridine rings is 1. The number of H-pyrrole nitrogens is 1. The van der Waals surface area contributed by atoms with Gasteiger partial charge in [0.05, 0.1) is 4.88 Å². The van der Waals surface area contributed by atoms with Crippen molar-refractivity contribution in [2.45, 2.75) is 6.92 Å². The highest BCUT2D eigenvalue weighted by molar-refractivity contribution is 7.15. The number of aromatic amines is 1. The summed E-state index contributed by atoms with van der Waals surface area (Å²) < 4.78 is 0. The van der Waals surface area contributed by atoms with Gasteiger partial charge in [-0.1, -0.05) is 6.07 Å². The molecule has 0 saturated carbocycles. The lowest BCUT2D eigenvalue weighted by molar-refractivity contribution is 1.33. The summed E-state index contributed by atoms with van der Waals surface area (Å²) in [6, 6.07) is 9.90. The van der Waals surface area contributed by atoms with Gasteiger partial charge in [0.1, 0.15) is 5.82 Å². The Labute approximate surface area is 104 Å². The zero-order valence-corrected chi connectivity index (χ0v) is 10.3. The van der Waals surface area contributed by atoms with E-state index in [0.29, 0.717) is 0 Å². The third-order valence-electron chi connectivity index (χ3n) is 2.04. The maximum Gasteiger partial charge on any atom is 0.147 e. The summed E-state index contributed by atoms with van der Waals surface area (Å²) in [4.78, 5) is 13.5. The van der Waals surface area contributed by atoms with Gasteiger partial charge >= 0.3 is 0 Å². The fourth-order valence-corrected chi connectivity index (χ4v) is 2.10. The molecule has 0 unspecified atom stereocenters. The maximum atomic E-state index is 4.15. The number of hydrogen-bond acceptors (Lipinski definition) is 3. The molecule has 4 heteroatoms. The minimum atomic E-state index is 0.961. The Bertz CT molecular complexity index is 502. The van der Waals surface area contributed by atoms with Gasteiger partial charge in [0, 0.05) is 29.7 Å². The molecule has 0 bridgehead atoms. The van der Waals surface area contributed by atoms with Crippen LogP contribution in [0.5, 0.6) is 0 Å². The van der Waals surface area contributed by atoms with Crippen molar-refractivity contribution < 1.29 is 0 Å². The number of rotatable bonds is 1. The van der Waals surface area contributed by atoms with E-state index in [1.54, 1.807) is 29.9 Å². The number of imidazole rings is 1. The molecule has 3 heterocycles. The largest absolute Gasteiger partial charge is 0.344 e. The van der Waals surface area contributed by atoms with E-state index in [1.807, 2.05) is 24.4 Å². The van der Waals surface area contributed by atoms with Crippen molar-refractivity contribution in [3.05, 3.63) is 60.0 Å². The molecule has 0 atom stereocenters. The van der Waals surface area contributed by atoms with E-state index in [-0.39, 0.29) is 0 Å². The van der Waals surface area contributed by atoms with Gasteiger partial charge in [-0.3, -0.25) is 4.98 Å². The summed E-state index contributed by atoms with van der Waals surface area (Å²) in [6.07, 6.45) is 7.11. The van der Waals surface area contributed by atoms with Crippen molar-refractivity contribution in [2.75, 3.05) is 0 Å². The fourth-order valence-electron chi connectivity index (χ4n) is 1.27. The van der Waals surface area contributed by atoms with Gasteiger partial charge < -0.3 is 4.98 Å². The van der Waals surface area contributed by atoms with Crippen molar-refractivity contribution in [2.24, 2.45) is 0 Å². The topological polar surface area (TPSA) is 41.6 Å². The highest BCUT2D eigenvalue weighted by Gasteiger charge is 2.00. The number of nitrogens with one attached hydrogen (secondary N) is 1. The molecule has 0 aromatic carbocycles. The molecular weight excluding hydrogens is 230 g/mol. The van der Waals surface area contributed by atoms with Crippen molar-refractivity contribution in [3.63, 3.8) is 0 Å². The normalized spacial score (nSPS) is 9.47. The van der Waals surface area contributed by atoms with E-state index in [1.165, 1.54) is 9.75 Å². The van der Waals surface area contributed by atoms with Crippen LogP contribution in [0.2, 0.25) is 0 Å². The van der Waals surface area contributed by atoms with Crippen LogP contribution in [-0.4, -0.2) is 15.0 Å². The molecule has 0 fully saturated rings. The van der Waals surface area contributed by atoms with Crippen LogP contribution >= 0.6 is 11.3 Å². The van der Waals surface area contributed by atoms with E-state index >= 15 is 0 Å². The van der Waals surface area contributed by atoms with Crippen LogP contribution < -0.4 is 0 Å². The third-order valence-corrected chi connectivity index (χ3v) is 3.05. The summed E-state index contributed by atoms with van der Waals surface area (Å²) in [6.45, 7) is 2.09. The highest BCUT2D eigenvalue weighted by Crippen LogP contribution is 2.23. The molecular formula is C13H13N3S. The van der Waals surface area contributed by atoms with Crippen molar-refractivity contribution in [1.29, 1.82) is 0 Å². The Hall–Kier alpha value is -1.94. The Kier molecular flexibility index (Phi) is 4.05. The third kappa shape index (κ3) is 3.53. The number of hydrogen-bond donors (Lipinski definition) is 1. The lowest BCUT2D eigenvalue weighted by Crippen LogP contribution is -1.71. The quantitative estimate of drug-likeness (QED) is 0.710. The molecule has 3 rings (SSSR count). The van der Waals surface area contributed by atoms with Crippen molar-refractivity contribution in [3.8, 4) is 10.7 Å². The summed E-state index contributed by atoms with van der Waals surface area (Å²) in [5, 5.41) is 0. The second-order valence-corrected chi connectivity index (χ2v) is 4.66. The fraction of sp³-hybridized carbons (Fsp3) is 0.0769. The Morgan fingerprint density at radius 1 is 1.06 bits per heavy atom. The van der Waals surface area contributed by atoms with Crippen LogP contribution in [0.4, 0.5) is 0 Å². The molecule has 3 nitrogen and oxygen atoms in total. The zero-order valence-electron chi connectivity index (χ0n) is 9.50. The SMILES string of the molecule is Cc1ccc(-c2ncc[nH]2)s1.c1ccncc1. The predicted octanol–water partition coefficient (Wildman–Crippen LogP) is 3.53. The molecule has 86 valence electrons. The number of thiophene rings is 1. The predicted molar refractivity (Wildman–Crippen MR) is 70.9 cm³/mol. The molecule has 0 spiro atoms. The van der Waals surface area contributed by atoms with Crippen LogP contribution in [0.15, 0.2) is 55.1 Å². The van der Waals surface area contributed by atoms with E-state index < -0.39 is 0 Å². The first-order chi connectivity index (χ1) is 8.36. The molecule has 0 aliphatic heterocycles. The zero-order chi connectivity index (χ0) is 11.9. The van der Waals surface area contributed by atoms with Gasteiger partial charge in [0.25, 0.3) is 0 Å². The highest BCUT2D eigenvalue weighted by atomic mass is 32.1. The average molecular weight is 243 g/mol. The van der Waals surface area contributed by atoms with Gasteiger partial charge in [0.15, 0.2) is 0 Å². The van der Waals surface area contributed by atoms with Crippen LogP contribution in [0.25, 0.3) is 10.7 Å². The Morgan fingerprint density at radius 2 is 1.88 bits per heavy atom. The lowest BCUT2D eigenvalue weighted by Gasteiger charge is -1.86. The Morgan fingerprint density at radius 3 is 2.29 bits per heavy atom. The molecule has 17 heavy (non-hydrogen) atoms. The van der Waals surface area contributed by atoms with E-state index in [9.17, 15) is 0 Å². The first kappa shape index (κ1) is 11.5. The number of nitrogens with zero attached hydrogens (tertiary/aromatic N) is 2. The Balaban J connectivity index is 0.000000153. The smallest absolute Gasteiger partial charge is 0.147 e. The first-order valence-corrected chi connectivity index (χ1v) is 6.09.